The number of aliphatic hydroxyl groups is 1. The fourth-order valence-corrected chi connectivity index (χ4v) is 2.87. The Hall–Kier alpha value is -2.51. The average molecular weight is 349 g/mol. The number of carboxylic acid groups (broad SMARTS) is 1. The van der Waals surface area contributed by atoms with Gasteiger partial charge in [0.15, 0.2) is 11.6 Å². The van der Waals surface area contributed by atoms with Crippen molar-refractivity contribution in [3.05, 3.63) is 65.2 Å². The minimum absolute atomic E-state index is 0.0867. The van der Waals surface area contributed by atoms with Crippen LogP contribution in [0.15, 0.2) is 42.5 Å². The van der Waals surface area contributed by atoms with Crippen molar-refractivity contribution < 1.29 is 28.5 Å². The third-order valence-corrected chi connectivity index (χ3v) is 4.11. The zero-order chi connectivity index (χ0) is 18.0. The first-order chi connectivity index (χ1) is 11.9. The van der Waals surface area contributed by atoms with Crippen molar-refractivity contribution in [3.8, 4) is 5.75 Å². The Morgan fingerprint density at radius 1 is 1.20 bits per heavy atom. The monoisotopic (exact) mass is 349 g/mol. The molecule has 1 aliphatic heterocycles. The predicted octanol–water partition coefficient (Wildman–Crippen LogP) is 2.29. The van der Waals surface area contributed by atoms with Crippen LogP contribution in [0.25, 0.3) is 0 Å². The Morgan fingerprint density at radius 3 is 2.72 bits per heavy atom. The van der Waals surface area contributed by atoms with Gasteiger partial charge in [0.05, 0.1) is 5.56 Å². The Bertz CT molecular complexity index is 783. The first-order valence-corrected chi connectivity index (χ1v) is 7.77. The molecule has 1 fully saturated rings. The van der Waals surface area contributed by atoms with E-state index in [0.717, 1.165) is 6.07 Å². The average Bonchev–Trinajstić information content (AvgIpc) is 2.91. The number of rotatable bonds is 5. The van der Waals surface area contributed by atoms with E-state index in [-0.39, 0.29) is 24.2 Å². The van der Waals surface area contributed by atoms with Gasteiger partial charge in [0.2, 0.25) is 0 Å². The van der Waals surface area contributed by atoms with Crippen LogP contribution in [-0.4, -0.2) is 46.4 Å². The van der Waals surface area contributed by atoms with Crippen molar-refractivity contribution in [2.75, 3.05) is 13.1 Å². The summed E-state index contributed by atoms with van der Waals surface area (Å²) in [6.45, 7) is 0.712. The maximum Gasteiger partial charge on any atom is 0.335 e. The van der Waals surface area contributed by atoms with Crippen LogP contribution in [0.4, 0.5) is 8.78 Å². The summed E-state index contributed by atoms with van der Waals surface area (Å²) in [7, 11) is 0. The molecule has 5 nitrogen and oxygen atoms in total. The molecule has 2 aromatic carbocycles. The molecule has 1 saturated heterocycles. The molecule has 0 radical (unpaired) electrons. The lowest BCUT2D eigenvalue weighted by Gasteiger charge is -2.17. The maximum atomic E-state index is 13.8. The quantitative estimate of drug-likeness (QED) is 0.867. The molecule has 2 atom stereocenters. The SMILES string of the molecule is O=C(O)c1cccc(O[C@@H]2CN(Cc3cccc(F)c3F)C[C@H]2O)c1. The van der Waals surface area contributed by atoms with Gasteiger partial charge >= 0.3 is 5.97 Å². The molecule has 0 aliphatic carbocycles. The zero-order valence-electron chi connectivity index (χ0n) is 13.2. The lowest BCUT2D eigenvalue weighted by Crippen LogP contribution is -2.30. The van der Waals surface area contributed by atoms with Gasteiger partial charge in [-0.15, -0.1) is 0 Å². The second kappa shape index (κ2) is 7.16. The molecule has 0 amide bonds. The van der Waals surface area contributed by atoms with Gasteiger partial charge in [-0.2, -0.15) is 0 Å². The highest BCUT2D eigenvalue weighted by Gasteiger charge is 2.33. The van der Waals surface area contributed by atoms with Gasteiger partial charge in [0.1, 0.15) is 18.0 Å². The second-order valence-electron chi connectivity index (χ2n) is 5.96. The summed E-state index contributed by atoms with van der Waals surface area (Å²) in [5.74, 6) is -2.53. The lowest BCUT2D eigenvalue weighted by atomic mass is 10.2. The maximum absolute atomic E-state index is 13.8. The van der Waals surface area contributed by atoms with Gasteiger partial charge in [-0.1, -0.05) is 18.2 Å². The van der Waals surface area contributed by atoms with Crippen molar-refractivity contribution in [1.82, 2.24) is 4.90 Å². The Labute approximate surface area is 143 Å². The summed E-state index contributed by atoms with van der Waals surface area (Å²) in [6, 6.07) is 9.97. The third-order valence-electron chi connectivity index (χ3n) is 4.11. The number of nitrogens with zero attached hydrogens (tertiary/aromatic N) is 1. The topological polar surface area (TPSA) is 70.0 Å². The van der Waals surface area contributed by atoms with Gasteiger partial charge in [-0.25, -0.2) is 13.6 Å². The summed E-state index contributed by atoms with van der Waals surface area (Å²) < 4.78 is 32.7. The summed E-state index contributed by atoms with van der Waals surface area (Å²) in [5, 5.41) is 19.1. The second-order valence-corrected chi connectivity index (χ2v) is 5.96. The molecule has 132 valence electrons. The largest absolute Gasteiger partial charge is 0.486 e. The van der Waals surface area contributed by atoms with Gasteiger partial charge in [0, 0.05) is 25.2 Å². The van der Waals surface area contributed by atoms with Crippen LogP contribution >= 0.6 is 0 Å². The number of aromatic carboxylic acids is 1. The Morgan fingerprint density at radius 2 is 1.96 bits per heavy atom. The van der Waals surface area contributed by atoms with E-state index in [1.165, 1.54) is 24.3 Å². The number of hydrogen-bond donors (Lipinski definition) is 2. The number of aliphatic hydroxyl groups excluding tert-OH is 1. The molecular formula is C18H17F2NO4. The van der Waals surface area contributed by atoms with Crippen molar-refractivity contribution in [2.45, 2.75) is 18.8 Å². The molecule has 2 N–H and O–H groups in total. The van der Waals surface area contributed by atoms with Crippen molar-refractivity contribution in [3.63, 3.8) is 0 Å². The highest BCUT2D eigenvalue weighted by atomic mass is 19.2. The van der Waals surface area contributed by atoms with E-state index in [9.17, 15) is 18.7 Å². The van der Waals surface area contributed by atoms with Crippen LogP contribution in [0.5, 0.6) is 5.75 Å². The highest BCUT2D eigenvalue weighted by molar-refractivity contribution is 5.88. The van der Waals surface area contributed by atoms with Crippen LogP contribution in [0, 0.1) is 11.6 Å². The predicted molar refractivity (Wildman–Crippen MR) is 85.5 cm³/mol. The molecule has 3 rings (SSSR count). The molecular weight excluding hydrogens is 332 g/mol. The molecule has 0 aromatic heterocycles. The molecule has 0 saturated carbocycles. The molecule has 7 heteroatoms. The molecule has 25 heavy (non-hydrogen) atoms. The number of benzene rings is 2. The third kappa shape index (κ3) is 3.94. The van der Waals surface area contributed by atoms with E-state index >= 15 is 0 Å². The summed E-state index contributed by atoms with van der Waals surface area (Å²) in [4.78, 5) is 12.7. The van der Waals surface area contributed by atoms with Crippen molar-refractivity contribution in [2.24, 2.45) is 0 Å². The van der Waals surface area contributed by atoms with E-state index in [0.29, 0.717) is 12.3 Å². The summed E-state index contributed by atoms with van der Waals surface area (Å²) in [5.41, 5.74) is 0.296. The first-order valence-electron chi connectivity index (χ1n) is 7.77. The van der Waals surface area contributed by atoms with Crippen LogP contribution < -0.4 is 4.74 Å². The smallest absolute Gasteiger partial charge is 0.335 e. The van der Waals surface area contributed by atoms with E-state index in [2.05, 4.69) is 0 Å². The Kier molecular flexibility index (Phi) is 4.96. The number of halogens is 2. The number of carbonyl (C=O) groups is 1. The fraction of sp³-hybridized carbons (Fsp3) is 0.278. The Balaban J connectivity index is 1.66. The summed E-state index contributed by atoms with van der Waals surface area (Å²) in [6.07, 6.45) is -1.40. The van der Waals surface area contributed by atoms with E-state index < -0.39 is 29.8 Å². The van der Waals surface area contributed by atoms with Crippen LogP contribution in [-0.2, 0) is 6.54 Å². The van der Waals surface area contributed by atoms with Crippen molar-refractivity contribution in [1.29, 1.82) is 0 Å². The zero-order valence-corrected chi connectivity index (χ0v) is 13.2. The van der Waals surface area contributed by atoms with Gasteiger partial charge in [0.25, 0.3) is 0 Å². The van der Waals surface area contributed by atoms with Crippen LogP contribution in [0.2, 0.25) is 0 Å². The van der Waals surface area contributed by atoms with E-state index in [1.807, 2.05) is 0 Å². The van der Waals surface area contributed by atoms with Crippen LogP contribution in [0.3, 0.4) is 0 Å². The molecule has 1 aliphatic rings. The number of hydrogen-bond acceptors (Lipinski definition) is 4. The number of carboxylic acids is 1. The van der Waals surface area contributed by atoms with Gasteiger partial charge < -0.3 is 14.9 Å². The van der Waals surface area contributed by atoms with Crippen molar-refractivity contribution >= 4 is 5.97 Å². The van der Waals surface area contributed by atoms with Crippen LogP contribution in [0.1, 0.15) is 15.9 Å². The lowest BCUT2D eigenvalue weighted by molar-refractivity contribution is 0.0688. The first kappa shape index (κ1) is 17.3. The van der Waals surface area contributed by atoms with E-state index in [1.54, 1.807) is 17.0 Å². The normalized spacial score (nSPS) is 20.6. The molecule has 2 aromatic rings. The molecule has 0 spiro atoms. The van der Waals surface area contributed by atoms with Gasteiger partial charge in [-0.3, -0.25) is 4.90 Å². The standard InChI is InChI=1S/C18H17F2NO4/c19-14-6-2-4-12(17(14)20)8-21-9-15(22)16(10-21)25-13-5-1-3-11(7-13)18(23)24/h1-7,15-16,22H,8-10H2,(H,23,24)/t15-,16-/m1/s1. The number of likely N-dealkylation sites (tertiary alicyclic amines) is 1. The van der Waals surface area contributed by atoms with Gasteiger partial charge in [-0.05, 0) is 24.3 Å². The highest BCUT2D eigenvalue weighted by Crippen LogP contribution is 2.22. The number of β-amino-alcohol motifs (C(OH)–C–C–N with tert-alkyl or cyclic N) is 1. The minimum atomic E-state index is -1.07. The molecule has 1 heterocycles. The minimum Gasteiger partial charge on any atom is -0.486 e. The number of ether oxygens (including phenoxy) is 1. The summed E-state index contributed by atoms with van der Waals surface area (Å²) >= 11 is 0. The fourth-order valence-electron chi connectivity index (χ4n) is 2.87. The van der Waals surface area contributed by atoms with E-state index in [4.69, 9.17) is 9.84 Å². The molecule has 0 unspecified atom stereocenters. The molecule has 0 bridgehead atoms.